The first-order chi connectivity index (χ1) is 12.6. The largest absolute Gasteiger partial charge is 0.493 e. The van der Waals surface area contributed by atoms with Crippen LogP contribution in [0.4, 0.5) is 0 Å². The van der Waals surface area contributed by atoms with E-state index in [0.29, 0.717) is 25.9 Å². The molecule has 1 amide bonds. The summed E-state index contributed by atoms with van der Waals surface area (Å²) < 4.78 is 5.63. The summed E-state index contributed by atoms with van der Waals surface area (Å²) in [5.41, 5.74) is 1.98. The summed E-state index contributed by atoms with van der Waals surface area (Å²) in [5.74, 6) is -0.423. The Labute approximate surface area is 153 Å². The van der Waals surface area contributed by atoms with Crippen molar-refractivity contribution in [1.82, 2.24) is 5.32 Å². The predicted molar refractivity (Wildman–Crippen MR) is 98.2 cm³/mol. The maximum Gasteiger partial charge on any atom is 0.303 e. The Kier molecular flexibility index (Phi) is 5.89. The van der Waals surface area contributed by atoms with Crippen LogP contribution in [0.5, 0.6) is 5.75 Å². The van der Waals surface area contributed by atoms with Gasteiger partial charge in [0.15, 0.2) is 0 Å². The second-order valence-electron chi connectivity index (χ2n) is 6.56. The molecule has 3 rings (SSSR count). The van der Waals surface area contributed by atoms with E-state index < -0.39 is 5.97 Å². The van der Waals surface area contributed by atoms with Gasteiger partial charge in [0.1, 0.15) is 5.75 Å². The van der Waals surface area contributed by atoms with Crippen LogP contribution in [-0.4, -0.2) is 29.6 Å². The molecule has 0 bridgehead atoms. The van der Waals surface area contributed by atoms with E-state index in [0.717, 1.165) is 16.9 Å². The molecule has 0 saturated heterocycles. The number of carboxylic acid groups (broad SMARTS) is 1. The van der Waals surface area contributed by atoms with Gasteiger partial charge in [0.25, 0.3) is 0 Å². The molecule has 5 heteroatoms. The predicted octanol–water partition coefficient (Wildman–Crippen LogP) is 3.15. The first-order valence-electron chi connectivity index (χ1n) is 8.91. The number of para-hydroxylation sites is 1. The van der Waals surface area contributed by atoms with Gasteiger partial charge in [-0.1, -0.05) is 48.5 Å². The lowest BCUT2D eigenvalue weighted by Crippen LogP contribution is -2.41. The van der Waals surface area contributed by atoms with Gasteiger partial charge in [0, 0.05) is 18.0 Å². The number of hydrogen-bond acceptors (Lipinski definition) is 3. The third kappa shape index (κ3) is 4.63. The smallest absolute Gasteiger partial charge is 0.303 e. The van der Waals surface area contributed by atoms with Gasteiger partial charge in [-0.05, 0) is 30.9 Å². The maximum absolute atomic E-state index is 12.9. The fraction of sp³-hybridized carbons (Fsp3) is 0.333. The van der Waals surface area contributed by atoms with E-state index in [2.05, 4.69) is 5.32 Å². The van der Waals surface area contributed by atoms with E-state index in [-0.39, 0.29) is 24.3 Å². The maximum atomic E-state index is 12.9. The van der Waals surface area contributed by atoms with Gasteiger partial charge in [-0.3, -0.25) is 9.59 Å². The van der Waals surface area contributed by atoms with Crippen molar-refractivity contribution >= 4 is 11.9 Å². The second-order valence-corrected chi connectivity index (χ2v) is 6.56. The van der Waals surface area contributed by atoms with Crippen molar-refractivity contribution in [2.24, 2.45) is 0 Å². The minimum absolute atomic E-state index is 0.0299. The topological polar surface area (TPSA) is 75.6 Å². The van der Waals surface area contributed by atoms with Crippen molar-refractivity contribution in [3.05, 3.63) is 65.7 Å². The van der Waals surface area contributed by atoms with Gasteiger partial charge in [0.2, 0.25) is 5.91 Å². The molecule has 26 heavy (non-hydrogen) atoms. The molecule has 1 aliphatic heterocycles. The molecule has 0 aromatic heterocycles. The molecule has 1 aliphatic rings. The van der Waals surface area contributed by atoms with E-state index in [1.807, 2.05) is 54.6 Å². The van der Waals surface area contributed by atoms with Crippen LogP contribution < -0.4 is 10.1 Å². The summed E-state index contributed by atoms with van der Waals surface area (Å²) in [5, 5.41) is 12.1. The van der Waals surface area contributed by atoms with E-state index in [1.54, 1.807) is 0 Å². The second kappa shape index (κ2) is 8.52. The number of carboxylic acids is 1. The molecule has 2 aromatic carbocycles. The Bertz CT molecular complexity index is 760. The highest BCUT2D eigenvalue weighted by atomic mass is 16.5. The molecule has 0 fully saturated rings. The Morgan fingerprint density at radius 2 is 1.85 bits per heavy atom. The van der Waals surface area contributed by atoms with Crippen molar-refractivity contribution in [1.29, 1.82) is 0 Å². The van der Waals surface area contributed by atoms with Crippen LogP contribution in [0.15, 0.2) is 54.6 Å². The average Bonchev–Trinajstić information content (AvgIpc) is 2.66. The molecule has 1 heterocycles. The molecule has 2 N–H and O–H groups in total. The van der Waals surface area contributed by atoms with Crippen LogP contribution in [0.1, 0.15) is 36.3 Å². The van der Waals surface area contributed by atoms with Crippen molar-refractivity contribution in [3.8, 4) is 5.75 Å². The summed E-state index contributed by atoms with van der Waals surface area (Å²) in [6.07, 6.45) is 1.67. The zero-order chi connectivity index (χ0) is 18.4. The number of aliphatic carboxylic acids is 1. The molecule has 0 aliphatic carbocycles. The minimum atomic E-state index is -0.853. The van der Waals surface area contributed by atoms with Crippen molar-refractivity contribution in [2.45, 2.75) is 37.6 Å². The zero-order valence-corrected chi connectivity index (χ0v) is 14.6. The van der Waals surface area contributed by atoms with Crippen LogP contribution >= 0.6 is 0 Å². The molecular weight excluding hydrogens is 330 g/mol. The van der Waals surface area contributed by atoms with Gasteiger partial charge < -0.3 is 15.2 Å². The number of benzene rings is 2. The van der Waals surface area contributed by atoms with Gasteiger partial charge in [-0.25, -0.2) is 0 Å². The van der Waals surface area contributed by atoms with E-state index in [4.69, 9.17) is 9.84 Å². The third-order valence-electron chi connectivity index (χ3n) is 4.65. The Hall–Kier alpha value is -2.82. The van der Waals surface area contributed by atoms with Crippen LogP contribution in [0.2, 0.25) is 0 Å². The summed E-state index contributed by atoms with van der Waals surface area (Å²) in [6, 6.07) is 17.2. The molecule has 2 aromatic rings. The van der Waals surface area contributed by atoms with Crippen molar-refractivity contribution in [3.63, 3.8) is 0 Å². The number of carbonyl (C=O) groups is 2. The highest BCUT2D eigenvalue weighted by Crippen LogP contribution is 2.33. The number of carbonyl (C=O) groups excluding carboxylic acids is 1. The monoisotopic (exact) mass is 353 g/mol. The van der Waals surface area contributed by atoms with Gasteiger partial charge in [-0.15, -0.1) is 0 Å². The standard InChI is InChI=1S/C21H23NO4/c23-20(24)11-10-16(14-15-6-2-1-3-7-15)22-21(25)18-12-13-26-19-9-5-4-8-17(18)19/h1-9,16,18H,10-14H2,(H,22,25)(H,23,24). The number of fused-ring (bicyclic) bond motifs is 1. The highest BCUT2D eigenvalue weighted by molar-refractivity contribution is 5.85. The molecular formula is C21H23NO4. The summed E-state index contributed by atoms with van der Waals surface area (Å²) in [7, 11) is 0. The number of nitrogens with one attached hydrogen (secondary N) is 1. The van der Waals surface area contributed by atoms with Crippen LogP contribution in [0, 0.1) is 0 Å². The third-order valence-corrected chi connectivity index (χ3v) is 4.65. The molecule has 5 nitrogen and oxygen atoms in total. The zero-order valence-electron chi connectivity index (χ0n) is 14.6. The molecule has 0 radical (unpaired) electrons. The summed E-state index contributed by atoms with van der Waals surface area (Å²) >= 11 is 0. The number of ether oxygens (including phenoxy) is 1. The first-order valence-corrected chi connectivity index (χ1v) is 8.91. The van der Waals surface area contributed by atoms with Crippen LogP contribution in [-0.2, 0) is 16.0 Å². The number of hydrogen-bond donors (Lipinski definition) is 2. The van der Waals surface area contributed by atoms with E-state index in [9.17, 15) is 9.59 Å². The van der Waals surface area contributed by atoms with Gasteiger partial charge in [0.05, 0.1) is 12.5 Å². The number of amides is 1. The van der Waals surface area contributed by atoms with E-state index >= 15 is 0 Å². The lowest BCUT2D eigenvalue weighted by Gasteiger charge is -2.27. The number of rotatable bonds is 7. The Balaban J connectivity index is 1.71. The molecule has 136 valence electrons. The van der Waals surface area contributed by atoms with Crippen LogP contribution in [0.3, 0.4) is 0 Å². The van der Waals surface area contributed by atoms with E-state index in [1.165, 1.54) is 0 Å². The molecule has 2 unspecified atom stereocenters. The SMILES string of the molecule is O=C(O)CCC(Cc1ccccc1)NC(=O)C1CCOc2ccccc21. The van der Waals surface area contributed by atoms with Crippen LogP contribution in [0.25, 0.3) is 0 Å². The Morgan fingerprint density at radius 1 is 1.12 bits per heavy atom. The quantitative estimate of drug-likeness (QED) is 0.802. The minimum Gasteiger partial charge on any atom is -0.493 e. The van der Waals surface area contributed by atoms with Gasteiger partial charge >= 0.3 is 5.97 Å². The summed E-state index contributed by atoms with van der Waals surface area (Å²) in [6.45, 7) is 0.508. The Morgan fingerprint density at radius 3 is 2.62 bits per heavy atom. The van der Waals surface area contributed by atoms with Crippen molar-refractivity contribution in [2.75, 3.05) is 6.61 Å². The lowest BCUT2D eigenvalue weighted by molar-refractivity contribution is -0.137. The lowest BCUT2D eigenvalue weighted by atomic mass is 9.91. The normalized spacial score (nSPS) is 16.8. The highest BCUT2D eigenvalue weighted by Gasteiger charge is 2.28. The average molecular weight is 353 g/mol. The summed E-state index contributed by atoms with van der Waals surface area (Å²) in [4.78, 5) is 23.9. The fourth-order valence-corrected chi connectivity index (χ4v) is 3.34. The van der Waals surface area contributed by atoms with Gasteiger partial charge in [-0.2, -0.15) is 0 Å². The molecule has 0 saturated carbocycles. The van der Waals surface area contributed by atoms with Crippen molar-refractivity contribution < 1.29 is 19.4 Å². The molecule has 2 atom stereocenters. The molecule has 0 spiro atoms. The fourth-order valence-electron chi connectivity index (χ4n) is 3.34. The first kappa shape index (κ1) is 18.0.